The Kier molecular flexibility index (Phi) is 6.31. The van der Waals surface area contributed by atoms with Crippen molar-refractivity contribution in [2.24, 2.45) is 11.8 Å². The molecular weight excluding hydrogens is 165 g/mol. The zero-order chi connectivity index (χ0) is 10.4. The summed E-state index contributed by atoms with van der Waals surface area (Å²) in [6.07, 6.45) is 1.35. The molecule has 0 rings (SSSR count). The SMILES string of the molecule is CCC(C)C(CC)C(F)CN(C)C. The number of halogens is 1. The van der Waals surface area contributed by atoms with E-state index in [1.807, 2.05) is 19.0 Å². The van der Waals surface area contributed by atoms with Gasteiger partial charge in [0.25, 0.3) is 0 Å². The average Bonchev–Trinajstić information content (AvgIpc) is 2.03. The van der Waals surface area contributed by atoms with E-state index >= 15 is 0 Å². The molecule has 13 heavy (non-hydrogen) atoms. The second kappa shape index (κ2) is 6.36. The van der Waals surface area contributed by atoms with E-state index in [1.54, 1.807) is 0 Å². The molecule has 0 aromatic heterocycles. The minimum Gasteiger partial charge on any atom is -0.307 e. The van der Waals surface area contributed by atoms with Crippen LogP contribution in [0.4, 0.5) is 4.39 Å². The molecule has 2 heteroatoms. The summed E-state index contributed by atoms with van der Waals surface area (Å²) in [5, 5.41) is 0. The highest BCUT2D eigenvalue weighted by atomic mass is 19.1. The molecule has 0 aliphatic rings. The summed E-state index contributed by atoms with van der Waals surface area (Å²) in [7, 11) is 3.85. The zero-order valence-corrected chi connectivity index (χ0v) is 9.68. The van der Waals surface area contributed by atoms with Crippen LogP contribution >= 0.6 is 0 Å². The topological polar surface area (TPSA) is 3.24 Å². The van der Waals surface area contributed by atoms with Crippen LogP contribution in [0.25, 0.3) is 0 Å². The van der Waals surface area contributed by atoms with Crippen LogP contribution in [0, 0.1) is 11.8 Å². The molecule has 0 N–H and O–H groups in total. The summed E-state index contributed by atoms with van der Waals surface area (Å²) in [6, 6.07) is 0. The van der Waals surface area contributed by atoms with Gasteiger partial charge in [0.05, 0.1) is 0 Å². The molecule has 80 valence electrons. The van der Waals surface area contributed by atoms with Gasteiger partial charge in [-0.2, -0.15) is 0 Å². The van der Waals surface area contributed by atoms with Crippen molar-refractivity contribution in [1.82, 2.24) is 4.90 Å². The van der Waals surface area contributed by atoms with Crippen molar-refractivity contribution in [3.8, 4) is 0 Å². The van der Waals surface area contributed by atoms with Gasteiger partial charge in [-0.1, -0.05) is 33.6 Å². The quantitative estimate of drug-likeness (QED) is 0.621. The molecule has 0 aromatic rings. The van der Waals surface area contributed by atoms with Gasteiger partial charge in [-0.25, -0.2) is 4.39 Å². The van der Waals surface area contributed by atoms with Crippen molar-refractivity contribution < 1.29 is 4.39 Å². The van der Waals surface area contributed by atoms with Crippen LogP contribution in [0.15, 0.2) is 0 Å². The van der Waals surface area contributed by atoms with Gasteiger partial charge in [-0.3, -0.25) is 0 Å². The van der Waals surface area contributed by atoms with Gasteiger partial charge in [-0.05, 0) is 25.9 Å². The number of hydrogen-bond donors (Lipinski definition) is 0. The van der Waals surface area contributed by atoms with Crippen LogP contribution in [-0.4, -0.2) is 31.7 Å². The lowest BCUT2D eigenvalue weighted by Gasteiger charge is -2.27. The van der Waals surface area contributed by atoms with Crippen molar-refractivity contribution in [2.45, 2.75) is 39.8 Å². The molecule has 0 aliphatic carbocycles. The fraction of sp³-hybridized carbons (Fsp3) is 1.00. The van der Waals surface area contributed by atoms with E-state index in [1.165, 1.54) is 0 Å². The minimum atomic E-state index is -0.671. The number of nitrogens with zero attached hydrogens (tertiary/aromatic N) is 1. The smallest absolute Gasteiger partial charge is 0.116 e. The number of rotatable bonds is 6. The van der Waals surface area contributed by atoms with Crippen LogP contribution in [0.3, 0.4) is 0 Å². The lowest BCUT2D eigenvalue weighted by Crippen LogP contribution is -2.32. The predicted molar refractivity (Wildman–Crippen MR) is 56.7 cm³/mol. The minimum absolute atomic E-state index is 0.229. The molecule has 0 fully saturated rings. The van der Waals surface area contributed by atoms with E-state index in [0.717, 1.165) is 12.8 Å². The van der Waals surface area contributed by atoms with Gasteiger partial charge in [0.15, 0.2) is 0 Å². The Morgan fingerprint density at radius 1 is 1.15 bits per heavy atom. The second-order valence-corrected chi connectivity index (χ2v) is 4.24. The van der Waals surface area contributed by atoms with E-state index in [0.29, 0.717) is 12.5 Å². The summed E-state index contributed by atoms with van der Waals surface area (Å²) in [5.74, 6) is 0.729. The third-order valence-corrected chi connectivity index (χ3v) is 2.85. The molecule has 0 heterocycles. The first-order valence-corrected chi connectivity index (χ1v) is 5.31. The van der Waals surface area contributed by atoms with Crippen LogP contribution in [0.1, 0.15) is 33.6 Å². The van der Waals surface area contributed by atoms with Crippen molar-refractivity contribution in [2.75, 3.05) is 20.6 Å². The monoisotopic (exact) mass is 189 g/mol. The van der Waals surface area contributed by atoms with Crippen LogP contribution in [-0.2, 0) is 0 Å². The van der Waals surface area contributed by atoms with Gasteiger partial charge in [-0.15, -0.1) is 0 Å². The van der Waals surface area contributed by atoms with E-state index < -0.39 is 6.17 Å². The first kappa shape index (κ1) is 12.9. The number of hydrogen-bond acceptors (Lipinski definition) is 1. The summed E-state index contributed by atoms with van der Waals surface area (Å²) in [6.45, 7) is 6.92. The van der Waals surface area contributed by atoms with Gasteiger partial charge in [0, 0.05) is 6.54 Å². The molecule has 0 saturated carbocycles. The van der Waals surface area contributed by atoms with Gasteiger partial charge < -0.3 is 4.90 Å². The van der Waals surface area contributed by atoms with Crippen LogP contribution in [0.2, 0.25) is 0 Å². The van der Waals surface area contributed by atoms with Crippen LogP contribution < -0.4 is 0 Å². The zero-order valence-electron chi connectivity index (χ0n) is 9.68. The van der Waals surface area contributed by atoms with Crippen molar-refractivity contribution in [3.63, 3.8) is 0 Å². The molecule has 3 unspecified atom stereocenters. The largest absolute Gasteiger partial charge is 0.307 e. The Balaban J connectivity index is 4.06. The third-order valence-electron chi connectivity index (χ3n) is 2.85. The maximum absolute atomic E-state index is 13.7. The lowest BCUT2D eigenvalue weighted by atomic mass is 9.85. The van der Waals surface area contributed by atoms with Crippen LogP contribution in [0.5, 0.6) is 0 Å². The molecule has 3 atom stereocenters. The highest BCUT2D eigenvalue weighted by Crippen LogP contribution is 2.24. The highest BCUT2D eigenvalue weighted by molar-refractivity contribution is 4.74. The molecular formula is C11H24FN. The maximum atomic E-state index is 13.7. The molecule has 0 radical (unpaired) electrons. The molecule has 0 amide bonds. The normalized spacial score (nSPS) is 18.7. The summed E-state index contributed by atoms with van der Waals surface area (Å²) >= 11 is 0. The van der Waals surface area contributed by atoms with E-state index in [9.17, 15) is 4.39 Å². The van der Waals surface area contributed by atoms with Crippen molar-refractivity contribution >= 4 is 0 Å². The van der Waals surface area contributed by atoms with Gasteiger partial charge >= 0.3 is 0 Å². The maximum Gasteiger partial charge on any atom is 0.116 e. The lowest BCUT2D eigenvalue weighted by molar-refractivity contribution is 0.131. The summed E-state index contributed by atoms with van der Waals surface area (Å²) in [4.78, 5) is 1.93. The molecule has 0 aliphatic heterocycles. The molecule has 0 saturated heterocycles. The molecule has 0 bridgehead atoms. The van der Waals surface area contributed by atoms with Crippen molar-refractivity contribution in [3.05, 3.63) is 0 Å². The first-order valence-electron chi connectivity index (χ1n) is 5.31. The van der Waals surface area contributed by atoms with E-state index in [-0.39, 0.29) is 5.92 Å². The first-order chi connectivity index (χ1) is 6.02. The Morgan fingerprint density at radius 2 is 1.69 bits per heavy atom. The van der Waals surface area contributed by atoms with Gasteiger partial charge in [0.1, 0.15) is 6.17 Å². The molecule has 0 spiro atoms. The van der Waals surface area contributed by atoms with E-state index in [4.69, 9.17) is 0 Å². The standard InChI is InChI=1S/C11H24FN/c1-6-9(3)10(7-2)11(12)8-13(4)5/h9-11H,6-8H2,1-5H3. The fourth-order valence-corrected chi connectivity index (χ4v) is 1.80. The highest BCUT2D eigenvalue weighted by Gasteiger charge is 2.24. The third kappa shape index (κ3) is 4.61. The molecule has 0 aromatic carbocycles. The summed E-state index contributed by atoms with van der Waals surface area (Å²) < 4.78 is 13.7. The average molecular weight is 189 g/mol. The molecule has 1 nitrogen and oxygen atoms in total. The Morgan fingerprint density at radius 3 is 2.00 bits per heavy atom. The van der Waals surface area contributed by atoms with Crippen molar-refractivity contribution in [1.29, 1.82) is 0 Å². The summed E-state index contributed by atoms with van der Waals surface area (Å²) in [5.41, 5.74) is 0. The fourth-order valence-electron chi connectivity index (χ4n) is 1.80. The predicted octanol–water partition coefficient (Wildman–Crippen LogP) is 2.96. The Labute approximate surface area is 82.3 Å². The van der Waals surface area contributed by atoms with Gasteiger partial charge in [0.2, 0.25) is 0 Å². The Hall–Kier alpha value is -0.110. The van der Waals surface area contributed by atoms with E-state index in [2.05, 4.69) is 20.8 Å². The Bertz CT molecular complexity index is 125. The number of alkyl halides is 1. The second-order valence-electron chi connectivity index (χ2n) is 4.24.